The zero-order valence-electron chi connectivity index (χ0n) is 26.4. The molecule has 2 aromatic carbocycles. The van der Waals surface area contributed by atoms with Gasteiger partial charge in [0.1, 0.15) is 12.8 Å². The predicted molar refractivity (Wildman–Crippen MR) is 174 cm³/mol. The molecule has 6 rings (SSSR count). The molecule has 4 N–H and O–H groups in total. The Morgan fingerprint density at radius 2 is 1.71 bits per heavy atom. The number of rotatable bonds is 7. The maximum atomic E-state index is 13.7. The van der Waals surface area contributed by atoms with Crippen LogP contribution in [0.3, 0.4) is 0 Å². The monoisotopic (exact) mass is 618 g/mol. The number of carboxylic acid groups (broad SMARTS) is 1. The second-order valence-electron chi connectivity index (χ2n) is 13.5. The van der Waals surface area contributed by atoms with Gasteiger partial charge in [-0.2, -0.15) is 4.79 Å². The minimum absolute atomic E-state index is 0.0781. The Hall–Kier alpha value is -3.51. The fraction of sp³-hybridized carbons (Fsp3) is 0.559. The molecule has 3 atom stereocenters. The number of nitrogen functional groups attached to an aromatic ring is 1. The highest BCUT2D eigenvalue weighted by atomic mass is 16.4. The largest absolute Gasteiger partial charge is 0.515 e. The van der Waals surface area contributed by atoms with Crippen LogP contribution in [-0.2, 0) is 17.8 Å². The normalized spacial score (nSPS) is 29.0. The van der Waals surface area contributed by atoms with Gasteiger partial charge in [0.25, 0.3) is 0 Å². The molecule has 2 aromatic rings. The average Bonchev–Trinajstić information content (AvgIpc) is 3.21. The van der Waals surface area contributed by atoms with Gasteiger partial charge in [0.2, 0.25) is 0 Å². The van der Waals surface area contributed by atoms with Crippen molar-refractivity contribution < 1.29 is 24.0 Å². The molecule has 0 aromatic heterocycles. The number of piperidine rings is 2. The van der Waals surface area contributed by atoms with Crippen LogP contribution in [-0.4, -0.2) is 125 Å². The van der Waals surface area contributed by atoms with Gasteiger partial charge >= 0.3 is 12.1 Å². The van der Waals surface area contributed by atoms with Gasteiger partial charge in [0.15, 0.2) is 5.66 Å². The first kappa shape index (κ1) is 31.5. The van der Waals surface area contributed by atoms with Crippen LogP contribution in [0.4, 0.5) is 21.0 Å². The van der Waals surface area contributed by atoms with Gasteiger partial charge in [0, 0.05) is 74.6 Å². The van der Waals surface area contributed by atoms with Crippen molar-refractivity contribution in [3.63, 3.8) is 0 Å². The summed E-state index contributed by atoms with van der Waals surface area (Å²) in [4.78, 5) is 49.1. The van der Waals surface area contributed by atoms with Crippen molar-refractivity contribution in [1.82, 2.24) is 19.6 Å². The molecule has 0 spiro atoms. The molecule has 0 aliphatic carbocycles. The summed E-state index contributed by atoms with van der Waals surface area (Å²) in [7, 11) is 2.17. The van der Waals surface area contributed by atoms with Crippen LogP contribution in [0, 0.1) is 0 Å². The third-order valence-corrected chi connectivity index (χ3v) is 11.1. The van der Waals surface area contributed by atoms with Crippen LogP contribution in [0.25, 0.3) is 0 Å². The Labute approximate surface area is 266 Å². The number of aldehydes is 1. The minimum Gasteiger partial charge on any atom is -0.435 e. The maximum absolute atomic E-state index is 13.7. The number of benzene rings is 2. The summed E-state index contributed by atoms with van der Waals surface area (Å²) in [6, 6.07) is 15.4. The summed E-state index contributed by atoms with van der Waals surface area (Å²) < 4.78 is -0.268. The zero-order valence-corrected chi connectivity index (χ0v) is 26.4. The van der Waals surface area contributed by atoms with Crippen molar-refractivity contribution in [3.05, 3.63) is 59.7 Å². The van der Waals surface area contributed by atoms with Crippen molar-refractivity contribution in [2.45, 2.75) is 62.8 Å². The summed E-state index contributed by atoms with van der Waals surface area (Å²) in [5, 5.41) is 14.3. The van der Waals surface area contributed by atoms with Crippen LogP contribution in [0.5, 0.6) is 0 Å². The first-order valence-electron chi connectivity index (χ1n) is 16.5. The topological polar surface area (TPSA) is 122 Å². The van der Waals surface area contributed by atoms with E-state index < -0.39 is 11.8 Å². The number of nitrogens with two attached hydrogens (primary N) is 1. The number of amides is 3. The molecule has 45 heavy (non-hydrogen) atoms. The second-order valence-corrected chi connectivity index (χ2v) is 13.5. The number of nitrogens with one attached hydrogen (secondary N) is 1. The summed E-state index contributed by atoms with van der Waals surface area (Å²) >= 11 is 0. The molecule has 2 unspecified atom stereocenters. The number of nitrogens with zero attached hydrogens (tertiary/aromatic N) is 5. The Morgan fingerprint density at radius 1 is 1.00 bits per heavy atom. The summed E-state index contributed by atoms with van der Waals surface area (Å²) in [5.74, 6) is 0. The Morgan fingerprint density at radius 3 is 2.40 bits per heavy atom. The van der Waals surface area contributed by atoms with Crippen LogP contribution in [0.1, 0.15) is 43.2 Å². The standard InChI is InChI=1S/C34H47N7O4/c1-37-15-11-29(12-16-37)38-18-20-39(21-19-38)34(14-23-42)24-30(40-17-10-27-4-2-3-5-31(27)36-32(40)43)13-22-41(34,33(44)45)25-26-6-8-28(35)9-7-26/h2-9,23,29-30H,10-22,24-25,35H2,1H3,(H-,36,43,44,45)/p+1/t30?,34?,41-/m0/s1. The smallest absolute Gasteiger partial charge is 0.435 e. The van der Waals surface area contributed by atoms with Crippen molar-refractivity contribution in [3.8, 4) is 0 Å². The number of carbonyl (C=O) groups is 3. The number of quaternary nitrogens is 1. The number of urea groups is 1. The number of carbonyl (C=O) groups excluding carboxylic acids is 2. The first-order chi connectivity index (χ1) is 21.7. The van der Waals surface area contributed by atoms with E-state index in [1.165, 1.54) is 0 Å². The highest BCUT2D eigenvalue weighted by Gasteiger charge is 2.64. The molecule has 11 heteroatoms. The highest BCUT2D eigenvalue weighted by Crippen LogP contribution is 2.45. The second kappa shape index (κ2) is 13.1. The molecule has 3 fully saturated rings. The molecular formula is C34H48N7O4+. The van der Waals surface area contributed by atoms with E-state index in [9.17, 15) is 19.5 Å². The lowest BCUT2D eigenvalue weighted by atomic mass is 9.82. The molecule has 242 valence electrons. The van der Waals surface area contributed by atoms with Crippen molar-refractivity contribution in [1.29, 1.82) is 0 Å². The lowest BCUT2D eigenvalue weighted by Gasteiger charge is -2.59. The van der Waals surface area contributed by atoms with Gasteiger partial charge in [-0.25, -0.2) is 14.2 Å². The lowest BCUT2D eigenvalue weighted by molar-refractivity contribution is -0.942. The third-order valence-electron chi connectivity index (χ3n) is 11.1. The number of anilines is 2. The predicted octanol–water partition coefficient (Wildman–Crippen LogP) is 3.51. The van der Waals surface area contributed by atoms with E-state index in [4.69, 9.17) is 5.73 Å². The van der Waals surface area contributed by atoms with Crippen molar-refractivity contribution >= 4 is 29.8 Å². The van der Waals surface area contributed by atoms with Gasteiger partial charge in [0.05, 0.1) is 13.0 Å². The van der Waals surface area contributed by atoms with E-state index in [0.29, 0.717) is 57.2 Å². The number of likely N-dealkylation sites (tertiary alicyclic amines) is 2. The van der Waals surface area contributed by atoms with E-state index in [-0.39, 0.29) is 29.5 Å². The molecule has 0 bridgehead atoms. The number of piperazine rings is 1. The maximum Gasteiger partial charge on any atom is 0.515 e. The van der Waals surface area contributed by atoms with Crippen molar-refractivity contribution in [2.24, 2.45) is 0 Å². The van der Waals surface area contributed by atoms with Crippen molar-refractivity contribution in [2.75, 3.05) is 70.5 Å². The van der Waals surface area contributed by atoms with E-state index in [0.717, 1.165) is 62.1 Å². The van der Waals surface area contributed by atoms with Gasteiger partial charge < -0.3 is 30.8 Å². The summed E-state index contributed by atoms with van der Waals surface area (Å²) in [6.07, 6.45) is 3.97. The van der Waals surface area contributed by atoms with E-state index in [2.05, 4.69) is 27.1 Å². The quantitative estimate of drug-likeness (QED) is 0.245. The number of fused-ring (bicyclic) bond motifs is 1. The Bertz CT molecular complexity index is 1370. The number of hydrogen-bond acceptors (Lipinski definition) is 7. The fourth-order valence-corrected chi connectivity index (χ4v) is 8.52. The molecule has 4 heterocycles. The molecule has 4 aliphatic rings. The summed E-state index contributed by atoms with van der Waals surface area (Å²) in [5.41, 5.74) is 8.37. The molecule has 3 amide bonds. The first-order valence-corrected chi connectivity index (χ1v) is 16.5. The minimum atomic E-state index is -1.02. The molecule has 4 aliphatic heterocycles. The molecule has 3 saturated heterocycles. The Balaban J connectivity index is 1.33. The molecule has 11 nitrogen and oxygen atoms in total. The van der Waals surface area contributed by atoms with E-state index in [1.54, 1.807) is 12.1 Å². The Kier molecular flexibility index (Phi) is 9.15. The molecular weight excluding hydrogens is 570 g/mol. The SMILES string of the molecule is CN1CCC(N2CCN(C3(CC=O)CC(N4CCc5ccccc5NC4=O)CC[N@+]3(Cc3ccc(N)cc3)C(=O)O)CC2)CC1. The zero-order chi connectivity index (χ0) is 31.6. The van der Waals surface area contributed by atoms with Gasteiger partial charge in [-0.1, -0.05) is 30.3 Å². The van der Waals surface area contributed by atoms with Crippen LogP contribution in [0.2, 0.25) is 0 Å². The van der Waals surface area contributed by atoms with Crippen LogP contribution < -0.4 is 11.1 Å². The number of hydrogen-bond donors (Lipinski definition) is 3. The van der Waals surface area contributed by atoms with E-state index >= 15 is 0 Å². The summed E-state index contributed by atoms with van der Waals surface area (Å²) in [6.45, 7) is 6.29. The van der Waals surface area contributed by atoms with Gasteiger partial charge in [-0.15, -0.1) is 0 Å². The van der Waals surface area contributed by atoms with Crippen LogP contribution >= 0.6 is 0 Å². The third kappa shape index (κ3) is 6.06. The van der Waals surface area contributed by atoms with E-state index in [1.807, 2.05) is 41.3 Å². The average molecular weight is 619 g/mol. The van der Waals surface area contributed by atoms with Crippen LogP contribution in [0.15, 0.2) is 48.5 Å². The molecule has 0 saturated carbocycles. The van der Waals surface area contributed by atoms with Gasteiger partial charge in [-0.05, 0) is 63.2 Å². The number of para-hydroxylation sites is 1. The fourth-order valence-electron chi connectivity index (χ4n) is 8.52. The van der Waals surface area contributed by atoms with Gasteiger partial charge in [-0.3, -0.25) is 4.90 Å². The molecule has 0 radical (unpaired) electrons. The lowest BCUT2D eigenvalue weighted by Crippen LogP contribution is -2.79. The highest BCUT2D eigenvalue weighted by molar-refractivity contribution is 5.91.